The topological polar surface area (TPSA) is 124 Å². The van der Waals surface area contributed by atoms with E-state index in [1.54, 1.807) is 25.3 Å². The standard InChI is InChI=1S/C21H25F2N5O2/c1-11-5-7-26-15(9-11)13-6-8-27-18(17(13)25)19(30)20-21(22,23)10-12(2)14(28-20)3-4-16(24)29/h5-9,12,14,20,28H,3-4,10,25H2,1-2H3,(H2,24,29). The molecule has 3 unspecified atom stereocenters. The van der Waals surface area contributed by atoms with E-state index >= 15 is 0 Å². The Morgan fingerprint density at radius 3 is 2.63 bits per heavy atom. The lowest BCUT2D eigenvalue weighted by Gasteiger charge is -2.40. The summed E-state index contributed by atoms with van der Waals surface area (Å²) in [6.45, 7) is 3.54. The number of rotatable bonds is 6. The molecule has 2 aromatic heterocycles. The fourth-order valence-electron chi connectivity index (χ4n) is 3.84. The fraction of sp³-hybridized carbons (Fsp3) is 0.429. The number of pyridine rings is 2. The molecule has 0 saturated carbocycles. The maximum absolute atomic E-state index is 14.8. The zero-order valence-electron chi connectivity index (χ0n) is 16.9. The molecule has 3 rings (SSSR count). The third-order valence-electron chi connectivity index (χ3n) is 5.46. The Bertz CT molecular complexity index is 966. The number of nitrogen functional groups attached to an aromatic ring is 1. The second-order valence-electron chi connectivity index (χ2n) is 7.86. The number of ketones is 1. The summed E-state index contributed by atoms with van der Waals surface area (Å²) in [5.41, 5.74) is 13.0. The van der Waals surface area contributed by atoms with Gasteiger partial charge in [0.1, 0.15) is 11.7 Å². The van der Waals surface area contributed by atoms with Crippen molar-refractivity contribution in [2.75, 3.05) is 5.73 Å². The summed E-state index contributed by atoms with van der Waals surface area (Å²) in [5.74, 6) is -5.13. The molecule has 1 saturated heterocycles. The Morgan fingerprint density at radius 1 is 1.27 bits per heavy atom. The molecule has 1 aliphatic heterocycles. The zero-order chi connectivity index (χ0) is 22.1. The minimum absolute atomic E-state index is 0.00510. The van der Waals surface area contributed by atoms with Gasteiger partial charge in [0.05, 0.1) is 11.4 Å². The number of anilines is 1. The Hall–Kier alpha value is -2.94. The average molecular weight is 417 g/mol. The van der Waals surface area contributed by atoms with Gasteiger partial charge in [-0.25, -0.2) is 8.78 Å². The molecular formula is C21H25F2N5O2. The summed E-state index contributed by atoms with van der Waals surface area (Å²) in [6, 6.07) is 2.95. The first-order chi connectivity index (χ1) is 14.1. The highest BCUT2D eigenvalue weighted by molar-refractivity contribution is 6.05. The highest BCUT2D eigenvalue weighted by Gasteiger charge is 2.51. The van der Waals surface area contributed by atoms with E-state index in [1.807, 2.05) is 13.0 Å². The van der Waals surface area contributed by atoms with E-state index in [-0.39, 0.29) is 24.2 Å². The van der Waals surface area contributed by atoms with Gasteiger partial charge in [-0.3, -0.25) is 24.9 Å². The molecule has 2 aromatic rings. The van der Waals surface area contributed by atoms with Crippen LogP contribution in [-0.4, -0.2) is 39.7 Å². The smallest absolute Gasteiger partial charge is 0.270 e. The SMILES string of the molecule is Cc1ccnc(-c2ccnc(C(=O)C3NC(CCC(N)=O)C(C)CC3(F)F)c2N)c1. The second kappa shape index (κ2) is 8.43. The number of nitrogens with zero attached hydrogens (tertiary/aromatic N) is 2. The van der Waals surface area contributed by atoms with Crippen LogP contribution >= 0.6 is 0 Å². The number of hydrogen-bond acceptors (Lipinski definition) is 6. The van der Waals surface area contributed by atoms with Gasteiger partial charge in [0, 0.05) is 36.8 Å². The summed E-state index contributed by atoms with van der Waals surface area (Å²) in [6.07, 6.45) is 2.79. The van der Waals surface area contributed by atoms with E-state index < -0.39 is 42.0 Å². The van der Waals surface area contributed by atoms with Crippen LogP contribution in [0.25, 0.3) is 11.3 Å². The Morgan fingerprint density at radius 2 is 1.97 bits per heavy atom. The average Bonchev–Trinajstić information content (AvgIpc) is 2.66. The van der Waals surface area contributed by atoms with E-state index in [0.29, 0.717) is 11.3 Å². The summed E-state index contributed by atoms with van der Waals surface area (Å²) in [5, 5.41) is 2.72. The molecule has 7 nitrogen and oxygen atoms in total. The molecule has 1 fully saturated rings. The Balaban J connectivity index is 1.92. The van der Waals surface area contributed by atoms with E-state index in [4.69, 9.17) is 11.5 Å². The molecule has 5 N–H and O–H groups in total. The molecule has 1 aliphatic rings. The molecule has 30 heavy (non-hydrogen) atoms. The van der Waals surface area contributed by atoms with Gasteiger partial charge in [0.15, 0.2) is 0 Å². The van der Waals surface area contributed by atoms with Crippen LogP contribution < -0.4 is 16.8 Å². The van der Waals surface area contributed by atoms with Gasteiger partial charge in [-0.1, -0.05) is 6.92 Å². The Labute approximate surface area is 173 Å². The first kappa shape index (κ1) is 21.8. The van der Waals surface area contributed by atoms with E-state index in [2.05, 4.69) is 15.3 Å². The van der Waals surface area contributed by atoms with Crippen molar-refractivity contribution in [3.63, 3.8) is 0 Å². The predicted molar refractivity (Wildman–Crippen MR) is 109 cm³/mol. The first-order valence-corrected chi connectivity index (χ1v) is 9.74. The van der Waals surface area contributed by atoms with Crippen LogP contribution in [0.5, 0.6) is 0 Å². The number of aryl methyl sites for hydroxylation is 1. The predicted octanol–water partition coefficient (Wildman–Crippen LogP) is 2.48. The molecule has 3 atom stereocenters. The lowest BCUT2D eigenvalue weighted by molar-refractivity contribution is -0.118. The number of Topliss-reactive ketones (excluding diaryl/α,β-unsaturated/α-hetero) is 1. The highest BCUT2D eigenvalue weighted by atomic mass is 19.3. The van der Waals surface area contributed by atoms with Gasteiger partial charge in [-0.15, -0.1) is 0 Å². The molecule has 0 spiro atoms. The molecular weight excluding hydrogens is 392 g/mol. The van der Waals surface area contributed by atoms with Crippen molar-refractivity contribution in [2.24, 2.45) is 11.7 Å². The molecule has 0 radical (unpaired) electrons. The quantitative estimate of drug-likeness (QED) is 0.621. The maximum Gasteiger partial charge on any atom is 0.270 e. The third kappa shape index (κ3) is 4.46. The molecule has 1 amide bonds. The molecule has 9 heteroatoms. The highest BCUT2D eigenvalue weighted by Crippen LogP contribution is 2.37. The summed E-state index contributed by atoms with van der Waals surface area (Å²) in [7, 11) is 0. The van der Waals surface area contributed by atoms with Gasteiger partial charge in [-0.2, -0.15) is 0 Å². The Kier molecular flexibility index (Phi) is 6.12. The van der Waals surface area contributed by atoms with Crippen molar-refractivity contribution in [2.45, 2.75) is 51.1 Å². The first-order valence-electron chi connectivity index (χ1n) is 9.74. The van der Waals surface area contributed by atoms with Gasteiger partial charge in [0.2, 0.25) is 11.7 Å². The van der Waals surface area contributed by atoms with Crippen molar-refractivity contribution in [3.8, 4) is 11.3 Å². The number of piperidine rings is 1. The largest absolute Gasteiger partial charge is 0.396 e. The van der Waals surface area contributed by atoms with Gasteiger partial charge in [0.25, 0.3) is 5.92 Å². The molecule has 160 valence electrons. The van der Waals surface area contributed by atoms with Gasteiger partial charge >= 0.3 is 0 Å². The second-order valence-corrected chi connectivity index (χ2v) is 7.86. The summed E-state index contributed by atoms with van der Waals surface area (Å²) in [4.78, 5) is 32.4. The number of nitrogens with one attached hydrogen (secondary N) is 1. The van der Waals surface area contributed by atoms with Crippen LogP contribution in [0.3, 0.4) is 0 Å². The molecule has 0 bridgehead atoms. The number of halogens is 2. The molecule has 0 aromatic carbocycles. The van der Waals surface area contributed by atoms with Crippen LogP contribution in [0.15, 0.2) is 30.6 Å². The number of alkyl halides is 2. The monoisotopic (exact) mass is 417 g/mol. The number of primary amides is 1. The number of hydrogen-bond donors (Lipinski definition) is 3. The van der Waals surface area contributed by atoms with Crippen molar-refractivity contribution >= 4 is 17.4 Å². The number of nitrogens with two attached hydrogens (primary N) is 2. The van der Waals surface area contributed by atoms with Crippen LogP contribution in [0.1, 0.15) is 42.2 Å². The zero-order valence-corrected chi connectivity index (χ0v) is 16.9. The van der Waals surface area contributed by atoms with Crippen LogP contribution in [0.2, 0.25) is 0 Å². The summed E-state index contributed by atoms with van der Waals surface area (Å²) >= 11 is 0. The molecule has 3 heterocycles. The number of carbonyl (C=O) groups excluding carboxylic acids is 2. The van der Waals surface area contributed by atoms with Crippen molar-refractivity contribution in [1.82, 2.24) is 15.3 Å². The van der Waals surface area contributed by atoms with Gasteiger partial charge < -0.3 is 11.5 Å². The van der Waals surface area contributed by atoms with Crippen molar-refractivity contribution < 1.29 is 18.4 Å². The normalized spacial score (nSPS) is 23.1. The van der Waals surface area contributed by atoms with Gasteiger partial charge in [-0.05, 0) is 43.0 Å². The van der Waals surface area contributed by atoms with Crippen molar-refractivity contribution in [3.05, 3.63) is 41.9 Å². The van der Waals surface area contributed by atoms with Crippen LogP contribution in [-0.2, 0) is 4.79 Å². The van der Waals surface area contributed by atoms with Crippen LogP contribution in [0, 0.1) is 12.8 Å². The number of carbonyl (C=O) groups is 2. The lowest BCUT2D eigenvalue weighted by Crippen LogP contribution is -2.61. The number of amides is 1. The van der Waals surface area contributed by atoms with Crippen LogP contribution in [0.4, 0.5) is 14.5 Å². The minimum Gasteiger partial charge on any atom is -0.396 e. The van der Waals surface area contributed by atoms with Crippen molar-refractivity contribution in [1.29, 1.82) is 0 Å². The fourth-order valence-corrected chi connectivity index (χ4v) is 3.84. The third-order valence-corrected chi connectivity index (χ3v) is 5.46. The lowest BCUT2D eigenvalue weighted by atomic mass is 9.82. The van der Waals surface area contributed by atoms with E-state index in [1.165, 1.54) is 6.20 Å². The van der Waals surface area contributed by atoms with E-state index in [0.717, 1.165) is 5.56 Å². The molecule has 0 aliphatic carbocycles. The van der Waals surface area contributed by atoms with E-state index in [9.17, 15) is 18.4 Å². The summed E-state index contributed by atoms with van der Waals surface area (Å²) < 4.78 is 29.6. The maximum atomic E-state index is 14.8. The minimum atomic E-state index is -3.29. The number of aromatic nitrogens is 2.